The first-order valence-corrected chi connectivity index (χ1v) is 7.56. The number of ether oxygens (including phenoxy) is 2. The van der Waals surface area contributed by atoms with Crippen molar-refractivity contribution in [2.24, 2.45) is 0 Å². The molecule has 6 nitrogen and oxygen atoms in total. The standard InChI is InChI=1S/C17H19N3O3/c1-20-11-9-18-10-12-22-14-6-2-3-7-15(14)23-16-13(17(20)21)5-4-8-19-16/h2-8,18H,9-12H2,1H3. The third-order valence-electron chi connectivity index (χ3n) is 3.56. The SMILES string of the molecule is CN1CCNCCOc2ccccc2Oc2ncccc2C1=O. The van der Waals surface area contributed by atoms with E-state index in [9.17, 15) is 4.79 Å². The van der Waals surface area contributed by atoms with Crippen molar-refractivity contribution >= 4 is 5.91 Å². The molecule has 0 spiro atoms. The third-order valence-corrected chi connectivity index (χ3v) is 3.56. The zero-order chi connectivity index (χ0) is 16.1. The van der Waals surface area contributed by atoms with E-state index in [1.54, 1.807) is 36.3 Å². The normalized spacial score (nSPS) is 15.9. The Bertz CT molecular complexity index is 690. The van der Waals surface area contributed by atoms with E-state index in [1.807, 2.05) is 18.2 Å². The summed E-state index contributed by atoms with van der Waals surface area (Å²) in [5.41, 5.74) is 0.434. The van der Waals surface area contributed by atoms with Gasteiger partial charge in [-0.15, -0.1) is 0 Å². The lowest BCUT2D eigenvalue weighted by atomic mass is 10.2. The smallest absolute Gasteiger partial charge is 0.259 e. The van der Waals surface area contributed by atoms with Crippen molar-refractivity contribution in [3.05, 3.63) is 48.2 Å². The molecule has 0 radical (unpaired) electrons. The first kappa shape index (κ1) is 15.3. The molecule has 0 saturated carbocycles. The Morgan fingerprint density at radius 2 is 1.96 bits per heavy atom. The van der Waals surface area contributed by atoms with Gasteiger partial charge in [0.25, 0.3) is 5.91 Å². The van der Waals surface area contributed by atoms with Crippen LogP contribution in [0.3, 0.4) is 0 Å². The molecule has 0 bridgehead atoms. The van der Waals surface area contributed by atoms with Gasteiger partial charge >= 0.3 is 0 Å². The van der Waals surface area contributed by atoms with Crippen LogP contribution >= 0.6 is 0 Å². The van der Waals surface area contributed by atoms with Crippen LogP contribution in [0.4, 0.5) is 0 Å². The van der Waals surface area contributed by atoms with Crippen LogP contribution in [-0.2, 0) is 0 Å². The highest BCUT2D eigenvalue weighted by Gasteiger charge is 2.19. The number of likely N-dealkylation sites (N-methyl/N-ethyl adjacent to an activating group) is 1. The Morgan fingerprint density at radius 1 is 1.13 bits per heavy atom. The maximum Gasteiger partial charge on any atom is 0.259 e. The highest BCUT2D eigenvalue weighted by Crippen LogP contribution is 2.32. The molecule has 1 aromatic carbocycles. The van der Waals surface area contributed by atoms with E-state index in [1.165, 1.54) is 0 Å². The lowest BCUT2D eigenvalue weighted by Gasteiger charge is -2.18. The van der Waals surface area contributed by atoms with E-state index in [0.717, 1.165) is 0 Å². The maximum atomic E-state index is 12.6. The summed E-state index contributed by atoms with van der Waals surface area (Å²) >= 11 is 0. The molecule has 1 aliphatic heterocycles. The Labute approximate surface area is 135 Å². The number of carbonyl (C=O) groups excluding carboxylic acids is 1. The fourth-order valence-electron chi connectivity index (χ4n) is 2.30. The molecule has 0 atom stereocenters. The van der Waals surface area contributed by atoms with Crippen LogP contribution in [0, 0.1) is 0 Å². The summed E-state index contributed by atoms with van der Waals surface area (Å²) in [6.07, 6.45) is 1.61. The lowest BCUT2D eigenvalue weighted by Crippen LogP contribution is -2.35. The highest BCUT2D eigenvalue weighted by molar-refractivity contribution is 5.96. The number of para-hydroxylation sites is 2. The number of carbonyl (C=O) groups is 1. The van der Waals surface area contributed by atoms with Crippen LogP contribution in [0.1, 0.15) is 10.4 Å². The number of nitrogens with one attached hydrogen (secondary N) is 1. The van der Waals surface area contributed by atoms with Gasteiger partial charge < -0.3 is 19.7 Å². The average Bonchev–Trinajstić information content (AvgIpc) is 2.59. The second-order valence-electron chi connectivity index (χ2n) is 5.23. The van der Waals surface area contributed by atoms with Crippen molar-refractivity contribution < 1.29 is 14.3 Å². The Morgan fingerprint density at radius 3 is 2.83 bits per heavy atom. The average molecular weight is 313 g/mol. The number of hydrogen-bond donors (Lipinski definition) is 1. The van der Waals surface area contributed by atoms with E-state index in [-0.39, 0.29) is 11.8 Å². The Kier molecular flexibility index (Phi) is 4.73. The second kappa shape index (κ2) is 7.11. The number of benzene rings is 1. The van der Waals surface area contributed by atoms with Crippen molar-refractivity contribution in [3.63, 3.8) is 0 Å². The number of nitrogens with zero attached hydrogens (tertiary/aromatic N) is 2. The summed E-state index contributed by atoms with van der Waals surface area (Å²) in [7, 11) is 1.77. The minimum Gasteiger partial charge on any atom is -0.488 e. The molecule has 1 amide bonds. The van der Waals surface area contributed by atoms with Gasteiger partial charge in [-0.05, 0) is 24.3 Å². The Balaban J connectivity index is 1.99. The summed E-state index contributed by atoms with van der Waals surface area (Å²) in [5.74, 6) is 1.34. The molecule has 0 unspecified atom stereocenters. The van der Waals surface area contributed by atoms with E-state index in [4.69, 9.17) is 9.47 Å². The second-order valence-corrected chi connectivity index (χ2v) is 5.23. The number of amides is 1. The van der Waals surface area contributed by atoms with Gasteiger partial charge in [0.2, 0.25) is 5.88 Å². The van der Waals surface area contributed by atoms with E-state index >= 15 is 0 Å². The topological polar surface area (TPSA) is 63.7 Å². The molecular formula is C17H19N3O3. The van der Waals surface area contributed by atoms with Crippen molar-refractivity contribution in [1.82, 2.24) is 15.2 Å². The fraction of sp³-hybridized carbons (Fsp3) is 0.294. The number of fused-ring (bicyclic) bond motifs is 2. The molecule has 3 rings (SSSR count). The predicted molar refractivity (Wildman–Crippen MR) is 86.1 cm³/mol. The zero-order valence-electron chi connectivity index (χ0n) is 13.0. The molecule has 0 aliphatic carbocycles. The molecule has 0 saturated heterocycles. The number of hydrogen-bond acceptors (Lipinski definition) is 5. The maximum absolute atomic E-state index is 12.6. The number of aromatic nitrogens is 1. The van der Waals surface area contributed by atoms with Gasteiger partial charge in [-0.3, -0.25) is 4.79 Å². The monoisotopic (exact) mass is 313 g/mol. The molecule has 1 aliphatic rings. The Hall–Kier alpha value is -2.60. The van der Waals surface area contributed by atoms with Crippen LogP contribution in [0.15, 0.2) is 42.6 Å². The summed E-state index contributed by atoms with van der Waals surface area (Å²) in [6.45, 7) is 2.51. The fourth-order valence-corrected chi connectivity index (χ4v) is 2.30. The summed E-state index contributed by atoms with van der Waals surface area (Å²) < 4.78 is 11.6. The number of pyridine rings is 1. The van der Waals surface area contributed by atoms with Crippen molar-refractivity contribution in [2.45, 2.75) is 0 Å². The van der Waals surface area contributed by atoms with Gasteiger partial charge in [-0.2, -0.15) is 0 Å². The van der Waals surface area contributed by atoms with Gasteiger partial charge in [0.05, 0.1) is 0 Å². The molecule has 23 heavy (non-hydrogen) atoms. The molecule has 0 fully saturated rings. The first-order chi connectivity index (χ1) is 11.3. The van der Waals surface area contributed by atoms with Gasteiger partial charge in [-0.25, -0.2) is 4.98 Å². The van der Waals surface area contributed by atoms with Crippen LogP contribution in [0.5, 0.6) is 17.4 Å². The van der Waals surface area contributed by atoms with Gasteiger partial charge in [0.1, 0.15) is 12.2 Å². The quantitative estimate of drug-likeness (QED) is 0.805. The largest absolute Gasteiger partial charge is 0.488 e. The van der Waals surface area contributed by atoms with Crippen molar-refractivity contribution in [3.8, 4) is 17.4 Å². The molecule has 2 heterocycles. The summed E-state index contributed by atoms with van der Waals surface area (Å²) in [4.78, 5) is 18.5. The van der Waals surface area contributed by atoms with Crippen molar-refractivity contribution in [2.75, 3.05) is 33.3 Å². The minimum atomic E-state index is -0.118. The third kappa shape index (κ3) is 3.60. The minimum absolute atomic E-state index is 0.118. The van der Waals surface area contributed by atoms with E-state index in [0.29, 0.717) is 43.3 Å². The van der Waals surface area contributed by atoms with Gasteiger partial charge in [-0.1, -0.05) is 12.1 Å². The van der Waals surface area contributed by atoms with Crippen LogP contribution in [0.25, 0.3) is 0 Å². The predicted octanol–water partition coefficient (Wildman–Crippen LogP) is 1.93. The number of rotatable bonds is 0. The summed E-state index contributed by atoms with van der Waals surface area (Å²) in [5, 5.41) is 3.25. The molecule has 6 heteroatoms. The van der Waals surface area contributed by atoms with Crippen LogP contribution < -0.4 is 14.8 Å². The van der Waals surface area contributed by atoms with Gasteiger partial charge in [0.15, 0.2) is 11.5 Å². The summed E-state index contributed by atoms with van der Waals surface area (Å²) in [6, 6.07) is 10.8. The highest BCUT2D eigenvalue weighted by atomic mass is 16.5. The molecular weight excluding hydrogens is 294 g/mol. The molecule has 1 aromatic heterocycles. The molecule has 2 aromatic rings. The molecule has 120 valence electrons. The molecule has 1 N–H and O–H groups in total. The van der Waals surface area contributed by atoms with E-state index in [2.05, 4.69) is 10.3 Å². The van der Waals surface area contributed by atoms with Crippen LogP contribution in [0.2, 0.25) is 0 Å². The van der Waals surface area contributed by atoms with Gasteiger partial charge in [0, 0.05) is 32.9 Å². The van der Waals surface area contributed by atoms with Crippen molar-refractivity contribution in [1.29, 1.82) is 0 Å². The lowest BCUT2D eigenvalue weighted by molar-refractivity contribution is 0.0793. The van der Waals surface area contributed by atoms with E-state index < -0.39 is 0 Å². The zero-order valence-corrected chi connectivity index (χ0v) is 13.0. The van der Waals surface area contributed by atoms with Crippen LogP contribution in [-0.4, -0.2) is 49.1 Å². The first-order valence-electron chi connectivity index (χ1n) is 7.56.